The predicted molar refractivity (Wildman–Crippen MR) is 131 cm³/mol. The summed E-state index contributed by atoms with van der Waals surface area (Å²) >= 11 is 0. The fourth-order valence-electron chi connectivity index (χ4n) is 4.51. The van der Waals surface area contributed by atoms with Crippen LogP contribution >= 0.6 is 0 Å². The van der Waals surface area contributed by atoms with Crippen LogP contribution in [0.2, 0.25) is 0 Å². The molecule has 12 heteroatoms. The summed E-state index contributed by atoms with van der Waals surface area (Å²) in [5, 5.41) is 27.5. The minimum atomic E-state index is -1.66. The number of fused-ring (bicyclic) bond motifs is 1. The van der Waals surface area contributed by atoms with Crippen molar-refractivity contribution in [3.05, 3.63) is 51.6 Å². The molecule has 0 spiro atoms. The molecule has 1 atom stereocenters. The SMILES string of the molecule is C[N+](C)(C)CCO.Cc1cn(C2CCN(c3c(F)cc4c(=O)c(C(=O)[O-])cn(C5CC5)c4c3F)C2)nn1. The first kappa shape index (κ1) is 26.7. The summed E-state index contributed by atoms with van der Waals surface area (Å²) in [5.41, 5.74) is -1.05. The maximum Gasteiger partial charge on any atom is 0.198 e. The van der Waals surface area contributed by atoms with Crippen LogP contribution in [0.1, 0.15) is 47.4 Å². The van der Waals surface area contributed by atoms with Gasteiger partial charge in [-0.25, -0.2) is 13.5 Å². The minimum Gasteiger partial charge on any atom is -0.545 e. The number of carbonyl (C=O) groups excluding carboxylic acids is 1. The smallest absolute Gasteiger partial charge is 0.198 e. The molecule has 37 heavy (non-hydrogen) atoms. The molecule has 10 nitrogen and oxygen atoms in total. The van der Waals surface area contributed by atoms with Crippen LogP contribution in [-0.2, 0) is 0 Å². The number of quaternary nitrogens is 1. The van der Waals surface area contributed by atoms with E-state index in [1.807, 2.05) is 6.92 Å². The van der Waals surface area contributed by atoms with Crippen molar-refractivity contribution in [2.75, 3.05) is 52.3 Å². The number of benzene rings is 1. The molecule has 2 aliphatic rings. The quantitative estimate of drug-likeness (QED) is 0.484. The molecule has 1 unspecified atom stereocenters. The van der Waals surface area contributed by atoms with E-state index in [0.29, 0.717) is 19.5 Å². The van der Waals surface area contributed by atoms with Gasteiger partial charge >= 0.3 is 0 Å². The van der Waals surface area contributed by atoms with E-state index in [-0.39, 0.29) is 35.3 Å². The van der Waals surface area contributed by atoms with E-state index in [9.17, 15) is 19.1 Å². The first-order valence-electron chi connectivity index (χ1n) is 12.2. The Balaban J connectivity index is 0.000000405. The van der Waals surface area contributed by atoms with Gasteiger partial charge in [-0.1, -0.05) is 5.21 Å². The van der Waals surface area contributed by atoms with E-state index in [1.165, 1.54) is 4.57 Å². The number of aromatic carboxylic acids is 1. The Kier molecular flexibility index (Phi) is 7.33. The second-order valence-corrected chi connectivity index (χ2v) is 10.7. The second kappa shape index (κ2) is 10.2. The van der Waals surface area contributed by atoms with Crippen molar-refractivity contribution in [3.8, 4) is 0 Å². The van der Waals surface area contributed by atoms with E-state index in [0.717, 1.165) is 41.8 Å². The van der Waals surface area contributed by atoms with Gasteiger partial charge in [0.05, 0.1) is 61.9 Å². The third-order valence-corrected chi connectivity index (χ3v) is 6.59. The van der Waals surface area contributed by atoms with Crippen LogP contribution in [0.3, 0.4) is 0 Å². The third-order valence-electron chi connectivity index (χ3n) is 6.59. The van der Waals surface area contributed by atoms with Crippen LogP contribution in [0.15, 0.2) is 23.3 Å². The number of pyridine rings is 1. The minimum absolute atomic E-state index is 0.0658. The molecule has 2 fully saturated rings. The fraction of sp³-hybridized carbons (Fsp3) is 0.520. The maximum absolute atomic E-state index is 15.6. The van der Waals surface area contributed by atoms with Crippen LogP contribution in [0.5, 0.6) is 0 Å². The molecule has 1 aromatic carbocycles. The molecule has 1 aliphatic carbocycles. The summed E-state index contributed by atoms with van der Waals surface area (Å²) in [6.07, 6.45) is 5.00. The van der Waals surface area contributed by atoms with Gasteiger partial charge in [-0.3, -0.25) is 4.79 Å². The first-order chi connectivity index (χ1) is 17.4. The van der Waals surface area contributed by atoms with Gasteiger partial charge in [0.1, 0.15) is 18.0 Å². The molecule has 2 aromatic heterocycles. The number of nitrogens with zero attached hydrogens (tertiary/aromatic N) is 6. The fourth-order valence-corrected chi connectivity index (χ4v) is 4.51. The highest BCUT2D eigenvalue weighted by Gasteiger charge is 2.33. The number of halogens is 2. The van der Waals surface area contributed by atoms with E-state index in [2.05, 4.69) is 31.5 Å². The molecule has 5 rings (SSSR count). The Hall–Kier alpha value is -3.38. The lowest BCUT2D eigenvalue weighted by molar-refractivity contribution is -0.870. The summed E-state index contributed by atoms with van der Waals surface area (Å²) in [6.45, 7) is 3.68. The summed E-state index contributed by atoms with van der Waals surface area (Å²) in [7, 11) is 6.16. The number of hydrogen-bond donors (Lipinski definition) is 1. The van der Waals surface area contributed by atoms with E-state index in [4.69, 9.17) is 5.11 Å². The van der Waals surface area contributed by atoms with E-state index in [1.54, 1.807) is 15.8 Å². The van der Waals surface area contributed by atoms with Crippen LogP contribution in [-0.4, -0.2) is 82.5 Å². The number of aryl methyl sites for hydroxylation is 1. The Morgan fingerprint density at radius 1 is 1.19 bits per heavy atom. The largest absolute Gasteiger partial charge is 0.545 e. The van der Waals surface area contributed by atoms with Gasteiger partial charge in [0.15, 0.2) is 11.2 Å². The summed E-state index contributed by atoms with van der Waals surface area (Å²) < 4.78 is 34.6. The van der Waals surface area contributed by atoms with Crippen LogP contribution in [0.25, 0.3) is 10.9 Å². The molecule has 0 amide bonds. The highest BCUT2D eigenvalue weighted by Crippen LogP contribution is 2.40. The highest BCUT2D eigenvalue weighted by molar-refractivity contribution is 5.93. The number of aliphatic hydroxyl groups excluding tert-OH is 1. The molecule has 3 aromatic rings. The summed E-state index contributed by atoms with van der Waals surface area (Å²) in [6, 6.07) is 0.740. The van der Waals surface area contributed by atoms with Crippen molar-refractivity contribution in [1.29, 1.82) is 0 Å². The van der Waals surface area contributed by atoms with Crippen molar-refractivity contribution in [1.82, 2.24) is 19.6 Å². The maximum atomic E-state index is 15.6. The lowest BCUT2D eigenvalue weighted by Crippen LogP contribution is -2.36. The predicted octanol–water partition coefficient (Wildman–Crippen LogP) is 1.01. The Labute approximate surface area is 212 Å². The number of likely N-dealkylation sites (N-methyl/N-ethyl adjacent to an activating group) is 1. The molecule has 200 valence electrons. The standard InChI is InChI=1S/C20H19F2N5O3.C5H14NO/c1-10-7-27(24-23-10)12-4-5-25(8-12)18-15(21)6-13-17(16(18)22)26(11-2-3-11)9-14(19(13)28)20(29)30;1-6(2,3)4-5-7/h6-7,9,11-12H,2-5,8H2,1H3,(H,29,30);7H,4-5H2,1-3H3/q;+1/p-1. The highest BCUT2D eigenvalue weighted by atomic mass is 19.1. The van der Waals surface area contributed by atoms with Crippen LogP contribution in [0.4, 0.5) is 14.5 Å². The van der Waals surface area contributed by atoms with Crippen molar-refractivity contribution >= 4 is 22.6 Å². The Morgan fingerprint density at radius 3 is 2.41 bits per heavy atom. The van der Waals surface area contributed by atoms with Crippen molar-refractivity contribution in [2.45, 2.75) is 38.3 Å². The molecule has 1 saturated heterocycles. The van der Waals surface area contributed by atoms with Gasteiger partial charge in [0.2, 0.25) is 0 Å². The molecule has 1 saturated carbocycles. The average molecular weight is 519 g/mol. The number of carbonyl (C=O) groups is 1. The van der Waals surface area contributed by atoms with E-state index < -0.39 is 28.6 Å². The lowest BCUT2D eigenvalue weighted by Gasteiger charge is -2.22. The molecular formula is C25H32F2N6O4. The number of carboxylic acid groups (broad SMARTS) is 1. The zero-order valence-electron chi connectivity index (χ0n) is 21.4. The summed E-state index contributed by atoms with van der Waals surface area (Å²) in [5.74, 6) is -3.41. The Bertz CT molecular complexity index is 1380. The van der Waals surface area contributed by atoms with Gasteiger partial charge in [-0.15, -0.1) is 5.10 Å². The molecular weight excluding hydrogens is 486 g/mol. The van der Waals surface area contributed by atoms with Gasteiger partial charge in [-0.05, 0) is 32.3 Å². The molecule has 3 heterocycles. The van der Waals surface area contributed by atoms with Gasteiger partial charge in [0.25, 0.3) is 0 Å². The van der Waals surface area contributed by atoms with Crippen LogP contribution < -0.4 is 15.4 Å². The van der Waals surface area contributed by atoms with Gasteiger partial charge in [-0.2, -0.15) is 0 Å². The average Bonchev–Trinajstić information content (AvgIpc) is 3.37. The number of aromatic nitrogens is 4. The van der Waals surface area contributed by atoms with Crippen molar-refractivity contribution < 1.29 is 28.3 Å². The molecule has 1 N–H and O–H groups in total. The number of aliphatic hydroxyl groups is 1. The zero-order valence-corrected chi connectivity index (χ0v) is 21.4. The summed E-state index contributed by atoms with van der Waals surface area (Å²) in [4.78, 5) is 25.5. The number of carboxylic acids is 1. The van der Waals surface area contributed by atoms with Crippen LogP contribution in [0, 0.1) is 18.6 Å². The van der Waals surface area contributed by atoms with Crippen molar-refractivity contribution in [2.24, 2.45) is 0 Å². The molecule has 0 bridgehead atoms. The van der Waals surface area contributed by atoms with E-state index >= 15 is 4.39 Å². The second-order valence-electron chi connectivity index (χ2n) is 10.7. The number of hydrogen-bond acceptors (Lipinski definition) is 7. The Morgan fingerprint density at radius 2 is 1.89 bits per heavy atom. The topological polar surface area (TPSA) is 116 Å². The third kappa shape index (κ3) is 5.64. The normalized spacial score (nSPS) is 17.7. The van der Waals surface area contributed by atoms with Gasteiger partial charge < -0.3 is 29.0 Å². The molecule has 1 aliphatic heterocycles. The number of anilines is 1. The lowest BCUT2D eigenvalue weighted by atomic mass is 10.1. The monoisotopic (exact) mass is 518 g/mol. The zero-order chi connectivity index (χ0) is 27.1. The van der Waals surface area contributed by atoms with Crippen molar-refractivity contribution in [3.63, 3.8) is 0 Å². The molecule has 0 radical (unpaired) electrons. The number of rotatable bonds is 6. The first-order valence-corrected chi connectivity index (χ1v) is 12.2. The van der Waals surface area contributed by atoms with Gasteiger partial charge in [0, 0.05) is 31.5 Å².